The van der Waals surface area contributed by atoms with Gasteiger partial charge in [0.2, 0.25) is 0 Å². The van der Waals surface area contributed by atoms with Gasteiger partial charge in [0.15, 0.2) is 0 Å². The van der Waals surface area contributed by atoms with Crippen LogP contribution in [-0.2, 0) is 9.78 Å². The van der Waals surface area contributed by atoms with Gasteiger partial charge in [-0.3, -0.25) is 0 Å². The van der Waals surface area contributed by atoms with E-state index in [1.165, 1.54) is 32.1 Å². The van der Waals surface area contributed by atoms with Crippen LogP contribution in [0, 0.1) is 0 Å². The second-order valence-electron chi connectivity index (χ2n) is 3.09. The summed E-state index contributed by atoms with van der Waals surface area (Å²) in [5, 5.41) is 0. The van der Waals surface area contributed by atoms with Crippen LogP contribution in [0.15, 0.2) is 0 Å². The Labute approximate surface area is 55.1 Å². The van der Waals surface area contributed by atoms with Crippen LogP contribution in [0.5, 0.6) is 0 Å². The molecule has 9 heavy (non-hydrogen) atoms. The zero-order valence-electron chi connectivity index (χ0n) is 5.56. The zero-order chi connectivity index (χ0) is 6.16. The molecule has 2 heteroatoms. The minimum absolute atomic E-state index is 0.179. The van der Waals surface area contributed by atoms with Crippen LogP contribution in [0.3, 0.4) is 0 Å². The van der Waals surface area contributed by atoms with Crippen molar-refractivity contribution in [3.8, 4) is 0 Å². The lowest BCUT2D eigenvalue weighted by atomic mass is 9.85. The molecule has 0 amide bonds. The fourth-order valence-corrected chi connectivity index (χ4v) is 1.65. The molecule has 1 heterocycles. The molecule has 1 aliphatic heterocycles. The normalized spacial score (nSPS) is 32.0. The maximum absolute atomic E-state index is 5.06. The summed E-state index contributed by atoms with van der Waals surface area (Å²) < 4.78 is 0. The molecule has 52 valence electrons. The van der Waals surface area contributed by atoms with E-state index in [-0.39, 0.29) is 5.60 Å². The van der Waals surface area contributed by atoms with Crippen molar-refractivity contribution in [2.24, 2.45) is 0 Å². The summed E-state index contributed by atoms with van der Waals surface area (Å²) in [6.45, 7) is 0.840. The Morgan fingerprint density at radius 2 is 1.67 bits per heavy atom. The largest absolute Gasteiger partial charge is 0.233 e. The van der Waals surface area contributed by atoms with Crippen molar-refractivity contribution >= 4 is 0 Å². The number of hydrogen-bond acceptors (Lipinski definition) is 2. The van der Waals surface area contributed by atoms with Crippen molar-refractivity contribution in [3.05, 3.63) is 0 Å². The topological polar surface area (TPSA) is 18.5 Å². The highest BCUT2D eigenvalue weighted by Crippen LogP contribution is 2.37. The van der Waals surface area contributed by atoms with Crippen molar-refractivity contribution in [1.82, 2.24) is 0 Å². The molecule has 0 aromatic rings. The predicted octanol–water partition coefficient (Wildman–Crippen LogP) is 1.65. The van der Waals surface area contributed by atoms with Gasteiger partial charge in [0.1, 0.15) is 12.2 Å². The van der Waals surface area contributed by atoms with Gasteiger partial charge >= 0.3 is 0 Å². The molecule has 1 saturated carbocycles. The maximum atomic E-state index is 5.06. The van der Waals surface area contributed by atoms with Gasteiger partial charge in [-0.15, -0.1) is 0 Å². The third-order valence-electron chi connectivity index (χ3n) is 2.32. The molecule has 2 nitrogen and oxygen atoms in total. The smallest absolute Gasteiger partial charge is 0.130 e. The minimum atomic E-state index is 0.179. The fraction of sp³-hybridized carbons (Fsp3) is 1.00. The second-order valence-corrected chi connectivity index (χ2v) is 3.09. The van der Waals surface area contributed by atoms with Gasteiger partial charge in [0.25, 0.3) is 0 Å². The average Bonchev–Trinajstić information content (AvgIpc) is 1.87. The molecule has 0 unspecified atom stereocenters. The summed E-state index contributed by atoms with van der Waals surface area (Å²) >= 11 is 0. The number of rotatable bonds is 0. The van der Waals surface area contributed by atoms with Gasteiger partial charge in [0.05, 0.1) is 0 Å². The first-order chi connectivity index (χ1) is 4.41. The third kappa shape index (κ3) is 0.864. The van der Waals surface area contributed by atoms with Gasteiger partial charge < -0.3 is 0 Å². The van der Waals surface area contributed by atoms with Crippen molar-refractivity contribution < 1.29 is 9.78 Å². The quantitative estimate of drug-likeness (QED) is 0.462. The van der Waals surface area contributed by atoms with Crippen molar-refractivity contribution in [2.45, 2.75) is 37.7 Å². The average molecular weight is 128 g/mol. The highest BCUT2D eigenvalue weighted by molar-refractivity contribution is 4.85. The van der Waals surface area contributed by atoms with E-state index in [2.05, 4.69) is 0 Å². The molecule has 0 radical (unpaired) electrons. The Bertz CT molecular complexity index is 99.5. The summed E-state index contributed by atoms with van der Waals surface area (Å²) in [7, 11) is 0. The standard InChI is InChI=1S/C7H12O2/c1-2-4-7(5-3-1)6-8-9-7/h1-6H2. The monoisotopic (exact) mass is 128 g/mol. The van der Waals surface area contributed by atoms with Crippen molar-refractivity contribution in [2.75, 3.05) is 6.61 Å². The molecule has 1 spiro atoms. The van der Waals surface area contributed by atoms with Gasteiger partial charge in [-0.25, -0.2) is 9.78 Å². The molecule has 0 N–H and O–H groups in total. The van der Waals surface area contributed by atoms with Crippen LogP contribution < -0.4 is 0 Å². The predicted molar refractivity (Wildman–Crippen MR) is 32.9 cm³/mol. The molecular weight excluding hydrogens is 116 g/mol. The summed E-state index contributed by atoms with van der Waals surface area (Å²) in [5.74, 6) is 0. The molecule has 1 saturated heterocycles. The van der Waals surface area contributed by atoms with Gasteiger partial charge in [-0.05, 0) is 12.8 Å². The van der Waals surface area contributed by atoms with E-state index >= 15 is 0 Å². The zero-order valence-corrected chi connectivity index (χ0v) is 5.56. The Kier molecular flexibility index (Phi) is 1.24. The molecule has 1 aliphatic carbocycles. The van der Waals surface area contributed by atoms with E-state index in [1.54, 1.807) is 0 Å². The lowest BCUT2D eigenvalue weighted by Crippen LogP contribution is -2.48. The molecule has 2 aliphatic rings. The van der Waals surface area contributed by atoms with Crippen molar-refractivity contribution in [3.63, 3.8) is 0 Å². The van der Waals surface area contributed by atoms with E-state index in [4.69, 9.17) is 9.78 Å². The van der Waals surface area contributed by atoms with Crippen LogP contribution in [-0.4, -0.2) is 12.2 Å². The summed E-state index contributed by atoms with van der Waals surface area (Å²) in [6, 6.07) is 0. The molecule has 0 aromatic heterocycles. The first-order valence-electron chi connectivity index (χ1n) is 3.72. The molecule has 2 rings (SSSR count). The Balaban J connectivity index is 1.93. The van der Waals surface area contributed by atoms with E-state index < -0.39 is 0 Å². The van der Waals surface area contributed by atoms with Crippen LogP contribution in [0.25, 0.3) is 0 Å². The van der Waals surface area contributed by atoms with Gasteiger partial charge in [0, 0.05) is 0 Å². The molecule has 0 atom stereocenters. The Morgan fingerprint density at radius 3 is 2.00 bits per heavy atom. The minimum Gasteiger partial charge on any atom is -0.233 e. The van der Waals surface area contributed by atoms with Crippen LogP contribution in [0.1, 0.15) is 32.1 Å². The summed E-state index contributed by atoms with van der Waals surface area (Å²) in [6.07, 6.45) is 6.46. The molecular formula is C7H12O2. The maximum Gasteiger partial charge on any atom is 0.130 e. The Hall–Kier alpha value is -0.0800. The van der Waals surface area contributed by atoms with Crippen molar-refractivity contribution in [1.29, 1.82) is 0 Å². The molecule has 0 bridgehead atoms. The van der Waals surface area contributed by atoms with Crippen LogP contribution in [0.2, 0.25) is 0 Å². The first-order valence-corrected chi connectivity index (χ1v) is 3.72. The van der Waals surface area contributed by atoms with E-state index in [0.29, 0.717) is 0 Å². The second kappa shape index (κ2) is 1.96. The highest BCUT2D eigenvalue weighted by atomic mass is 17.2. The van der Waals surface area contributed by atoms with E-state index in [0.717, 1.165) is 6.61 Å². The van der Waals surface area contributed by atoms with Gasteiger partial charge in [-0.1, -0.05) is 19.3 Å². The lowest BCUT2D eigenvalue weighted by molar-refractivity contribution is -0.476. The first kappa shape index (κ1) is 5.69. The summed E-state index contributed by atoms with van der Waals surface area (Å²) in [4.78, 5) is 9.77. The number of hydrogen-bond donors (Lipinski definition) is 0. The van der Waals surface area contributed by atoms with Crippen LogP contribution in [0.4, 0.5) is 0 Å². The summed E-state index contributed by atoms with van der Waals surface area (Å²) in [5.41, 5.74) is 0.179. The SMILES string of the molecule is C1CCC2(CC1)COO2. The molecule has 2 fully saturated rings. The fourth-order valence-electron chi connectivity index (χ4n) is 1.65. The van der Waals surface area contributed by atoms with E-state index in [1.807, 2.05) is 0 Å². The highest BCUT2D eigenvalue weighted by Gasteiger charge is 2.41. The Morgan fingerprint density at radius 1 is 1.00 bits per heavy atom. The molecule has 0 aromatic carbocycles. The van der Waals surface area contributed by atoms with E-state index in [9.17, 15) is 0 Å². The van der Waals surface area contributed by atoms with Gasteiger partial charge in [-0.2, -0.15) is 0 Å². The van der Waals surface area contributed by atoms with Crippen LogP contribution >= 0.6 is 0 Å². The third-order valence-corrected chi connectivity index (χ3v) is 2.32. The lowest BCUT2D eigenvalue weighted by Gasteiger charge is -2.41.